The van der Waals surface area contributed by atoms with E-state index in [0.29, 0.717) is 18.9 Å². The maximum Gasteiger partial charge on any atom is 0.376 e. The van der Waals surface area contributed by atoms with Crippen LogP contribution in [0.4, 0.5) is 0 Å². The van der Waals surface area contributed by atoms with E-state index in [4.69, 9.17) is 9.15 Å². The second-order valence-electron chi connectivity index (χ2n) is 4.29. The fourth-order valence-corrected chi connectivity index (χ4v) is 2.04. The summed E-state index contributed by atoms with van der Waals surface area (Å²) in [4.78, 5) is 11.8. The Morgan fingerprint density at radius 3 is 2.95 bits per heavy atom. The summed E-state index contributed by atoms with van der Waals surface area (Å²) in [6.45, 7) is 5.88. The molecule has 6 heteroatoms. The lowest BCUT2D eigenvalue weighted by Crippen LogP contribution is -2.18. The van der Waals surface area contributed by atoms with E-state index < -0.39 is 5.97 Å². The predicted octanol–water partition coefficient (Wildman–Crippen LogP) is 2.16. The number of esters is 1. The second kappa shape index (κ2) is 5.69. The second-order valence-corrected chi connectivity index (χ2v) is 4.29. The maximum atomic E-state index is 11.8. The first-order valence-corrected chi connectivity index (χ1v) is 6.24. The van der Waals surface area contributed by atoms with E-state index in [0.717, 1.165) is 5.76 Å². The normalized spacial score (nSPS) is 12.4. The van der Waals surface area contributed by atoms with Crippen molar-refractivity contribution in [2.24, 2.45) is 0 Å². The van der Waals surface area contributed by atoms with Gasteiger partial charge in [0.05, 0.1) is 12.9 Å². The number of hydrogen-bond donors (Lipinski definition) is 0. The minimum Gasteiger partial charge on any atom is -0.469 e. The lowest BCUT2D eigenvalue weighted by Gasteiger charge is -2.15. The zero-order valence-corrected chi connectivity index (χ0v) is 11.3. The minimum absolute atomic E-state index is 0.0144. The molecule has 0 aliphatic rings. The van der Waals surface area contributed by atoms with Crippen LogP contribution in [0.15, 0.2) is 22.8 Å². The van der Waals surface area contributed by atoms with Crippen LogP contribution in [-0.4, -0.2) is 27.3 Å². The van der Waals surface area contributed by atoms with Crippen LogP contribution in [0.25, 0.3) is 0 Å². The highest BCUT2D eigenvalue weighted by atomic mass is 16.5. The minimum atomic E-state index is -0.450. The first kappa shape index (κ1) is 13.3. The van der Waals surface area contributed by atoms with E-state index in [2.05, 4.69) is 10.2 Å². The SMILES string of the molecule is CCOC(=O)c1nnc(C)n1C(C)Cc1ccco1. The van der Waals surface area contributed by atoms with Gasteiger partial charge in [0.1, 0.15) is 11.6 Å². The number of nitrogens with zero attached hydrogens (tertiary/aromatic N) is 3. The summed E-state index contributed by atoms with van der Waals surface area (Å²) in [7, 11) is 0. The van der Waals surface area contributed by atoms with Crippen LogP contribution in [-0.2, 0) is 11.2 Å². The number of aryl methyl sites for hydroxylation is 1. The number of hydrogen-bond acceptors (Lipinski definition) is 5. The average Bonchev–Trinajstić information content (AvgIpc) is 2.98. The molecular formula is C13H17N3O3. The first-order chi connectivity index (χ1) is 9.13. The summed E-state index contributed by atoms with van der Waals surface area (Å²) in [6.07, 6.45) is 2.30. The van der Waals surface area contributed by atoms with Gasteiger partial charge < -0.3 is 13.7 Å². The standard InChI is InChI=1S/C13H17N3O3/c1-4-18-13(17)12-15-14-10(3)16(12)9(2)8-11-6-5-7-19-11/h5-7,9H,4,8H2,1-3H3. The van der Waals surface area contributed by atoms with Crippen molar-refractivity contribution in [1.29, 1.82) is 0 Å². The smallest absolute Gasteiger partial charge is 0.376 e. The van der Waals surface area contributed by atoms with Crippen LogP contribution in [0, 0.1) is 6.92 Å². The Balaban J connectivity index is 2.23. The molecule has 0 spiro atoms. The van der Waals surface area contributed by atoms with Crippen molar-refractivity contribution in [3.8, 4) is 0 Å². The molecule has 0 saturated carbocycles. The molecule has 0 bridgehead atoms. The van der Waals surface area contributed by atoms with E-state index >= 15 is 0 Å². The highest BCUT2D eigenvalue weighted by Gasteiger charge is 2.22. The fourth-order valence-electron chi connectivity index (χ4n) is 2.04. The summed E-state index contributed by atoms with van der Waals surface area (Å²) in [5, 5.41) is 7.84. The van der Waals surface area contributed by atoms with Crippen molar-refractivity contribution in [3.63, 3.8) is 0 Å². The van der Waals surface area contributed by atoms with Crippen LogP contribution < -0.4 is 0 Å². The molecule has 0 aromatic carbocycles. The molecule has 0 aliphatic heterocycles. The van der Waals surface area contributed by atoms with Crippen molar-refractivity contribution in [2.75, 3.05) is 6.61 Å². The monoisotopic (exact) mass is 263 g/mol. The number of carbonyl (C=O) groups excluding carboxylic acids is 1. The van der Waals surface area contributed by atoms with Gasteiger partial charge in [0, 0.05) is 12.5 Å². The summed E-state index contributed by atoms with van der Waals surface area (Å²) in [5.41, 5.74) is 0. The molecule has 0 saturated heterocycles. The van der Waals surface area contributed by atoms with Gasteiger partial charge in [0.25, 0.3) is 0 Å². The number of rotatable bonds is 5. The van der Waals surface area contributed by atoms with E-state index in [9.17, 15) is 4.79 Å². The third kappa shape index (κ3) is 2.83. The van der Waals surface area contributed by atoms with Crippen LogP contribution >= 0.6 is 0 Å². The van der Waals surface area contributed by atoms with Gasteiger partial charge in [0.15, 0.2) is 0 Å². The van der Waals surface area contributed by atoms with Gasteiger partial charge in [-0.05, 0) is 32.9 Å². The highest BCUT2D eigenvalue weighted by Crippen LogP contribution is 2.18. The molecule has 2 rings (SSSR count). The quantitative estimate of drug-likeness (QED) is 0.773. The molecular weight excluding hydrogens is 246 g/mol. The Hall–Kier alpha value is -2.11. The fraction of sp³-hybridized carbons (Fsp3) is 0.462. The third-order valence-electron chi connectivity index (χ3n) is 2.84. The third-order valence-corrected chi connectivity index (χ3v) is 2.84. The lowest BCUT2D eigenvalue weighted by atomic mass is 10.2. The van der Waals surface area contributed by atoms with Crippen LogP contribution in [0.5, 0.6) is 0 Å². The van der Waals surface area contributed by atoms with Crippen LogP contribution in [0.1, 0.15) is 42.1 Å². The van der Waals surface area contributed by atoms with Gasteiger partial charge in [-0.15, -0.1) is 10.2 Å². The molecule has 0 aliphatic carbocycles. The Morgan fingerprint density at radius 2 is 2.32 bits per heavy atom. The number of carbonyl (C=O) groups is 1. The van der Waals surface area contributed by atoms with Gasteiger partial charge in [-0.3, -0.25) is 0 Å². The van der Waals surface area contributed by atoms with Crippen molar-refractivity contribution < 1.29 is 13.9 Å². The molecule has 6 nitrogen and oxygen atoms in total. The molecule has 0 fully saturated rings. The summed E-state index contributed by atoms with van der Waals surface area (Å²) < 4.78 is 12.1. The molecule has 2 heterocycles. The van der Waals surface area contributed by atoms with E-state index in [-0.39, 0.29) is 11.9 Å². The first-order valence-electron chi connectivity index (χ1n) is 6.24. The molecule has 1 atom stereocenters. The lowest BCUT2D eigenvalue weighted by molar-refractivity contribution is 0.0503. The topological polar surface area (TPSA) is 70.2 Å². The molecule has 0 N–H and O–H groups in total. The highest BCUT2D eigenvalue weighted by molar-refractivity contribution is 5.85. The summed E-state index contributed by atoms with van der Waals surface area (Å²) >= 11 is 0. The van der Waals surface area contributed by atoms with Gasteiger partial charge >= 0.3 is 5.97 Å². The van der Waals surface area contributed by atoms with Gasteiger partial charge in [-0.2, -0.15) is 0 Å². The molecule has 0 radical (unpaired) electrons. The Morgan fingerprint density at radius 1 is 1.53 bits per heavy atom. The van der Waals surface area contributed by atoms with Crippen LogP contribution in [0.3, 0.4) is 0 Å². The zero-order chi connectivity index (χ0) is 13.8. The van der Waals surface area contributed by atoms with E-state index in [1.165, 1.54) is 0 Å². The molecule has 19 heavy (non-hydrogen) atoms. The molecule has 0 amide bonds. The average molecular weight is 263 g/mol. The van der Waals surface area contributed by atoms with Gasteiger partial charge in [-0.25, -0.2) is 4.79 Å². The molecule has 2 aromatic heterocycles. The maximum absolute atomic E-state index is 11.8. The van der Waals surface area contributed by atoms with Crippen molar-refractivity contribution in [2.45, 2.75) is 33.2 Å². The van der Waals surface area contributed by atoms with Crippen LogP contribution in [0.2, 0.25) is 0 Å². The zero-order valence-electron chi connectivity index (χ0n) is 11.3. The summed E-state index contributed by atoms with van der Waals surface area (Å²) in [5.74, 6) is 1.32. The van der Waals surface area contributed by atoms with Gasteiger partial charge in [-0.1, -0.05) is 0 Å². The Labute approximate surface area is 111 Å². The van der Waals surface area contributed by atoms with Crippen molar-refractivity contribution in [1.82, 2.24) is 14.8 Å². The Kier molecular flexibility index (Phi) is 3.99. The number of aromatic nitrogens is 3. The number of furan rings is 1. The van der Waals surface area contributed by atoms with E-state index in [1.54, 1.807) is 17.8 Å². The molecule has 2 aromatic rings. The molecule has 102 valence electrons. The summed E-state index contributed by atoms with van der Waals surface area (Å²) in [6, 6.07) is 3.76. The Bertz CT molecular complexity index is 545. The number of ether oxygens (including phenoxy) is 1. The van der Waals surface area contributed by atoms with Crippen molar-refractivity contribution in [3.05, 3.63) is 35.8 Å². The largest absolute Gasteiger partial charge is 0.469 e. The predicted molar refractivity (Wildman–Crippen MR) is 67.8 cm³/mol. The van der Waals surface area contributed by atoms with E-state index in [1.807, 2.05) is 26.0 Å². The van der Waals surface area contributed by atoms with Crippen molar-refractivity contribution >= 4 is 5.97 Å². The van der Waals surface area contributed by atoms with Gasteiger partial charge in [0.2, 0.25) is 5.82 Å². The molecule has 1 unspecified atom stereocenters.